The van der Waals surface area contributed by atoms with Crippen LogP contribution in [0, 0.1) is 6.92 Å². The monoisotopic (exact) mass is 494 g/mol. The van der Waals surface area contributed by atoms with Crippen molar-refractivity contribution < 1.29 is 17.9 Å². The van der Waals surface area contributed by atoms with Gasteiger partial charge in [0, 0.05) is 44.0 Å². The Morgan fingerprint density at radius 2 is 1.76 bits per heavy atom. The van der Waals surface area contributed by atoms with Crippen molar-refractivity contribution in [2.45, 2.75) is 25.7 Å². The maximum Gasteiger partial charge on any atom is 0.416 e. The van der Waals surface area contributed by atoms with Crippen molar-refractivity contribution in [2.75, 3.05) is 44.8 Å². The number of benzene rings is 2. The van der Waals surface area contributed by atoms with Gasteiger partial charge in [-0.05, 0) is 52.7 Å². The van der Waals surface area contributed by atoms with Crippen molar-refractivity contribution in [3.05, 3.63) is 70.0 Å². The quantitative estimate of drug-likeness (QED) is 0.490. The fourth-order valence-electron chi connectivity index (χ4n) is 4.27. The smallest absolute Gasteiger partial charge is 0.383 e. The number of piperazine rings is 1. The average Bonchev–Trinajstić information content (AvgIpc) is 3.28. The molecular formula is C23H26ClF3N6O. The second-order valence-electron chi connectivity index (χ2n) is 8.23. The van der Waals surface area contributed by atoms with Crippen LogP contribution in [0.2, 0.25) is 5.02 Å². The second-order valence-corrected chi connectivity index (χ2v) is 8.67. The number of hydrogen-bond donors (Lipinski definition) is 0. The molecular weight excluding hydrogens is 469 g/mol. The molecule has 0 radical (unpaired) electrons. The third-order valence-electron chi connectivity index (χ3n) is 6.06. The van der Waals surface area contributed by atoms with Gasteiger partial charge in [-0.2, -0.15) is 13.2 Å². The molecule has 34 heavy (non-hydrogen) atoms. The van der Waals surface area contributed by atoms with E-state index in [1.807, 2.05) is 25.1 Å². The van der Waals surface area contributed by atoms with Crippen molar-refractivity contribution in [3.63, 3.8) is 0 Å². The Hall–Kier alpha value is -2.69. The standard InChI is InChI=1S/C23H26ClF3N6O/c1-16-3-8-19(24)15-20(16)31-9-11-32(12-10-31)21(22-28-29-30-33(22)13-14-34-2)17-4-6-18(7-5-17)23(25,26)27/h3-8,15,21H,9-14H2,1-2H3/t21-/m1/s1. The lowest BCUT2D eigenvalue weighted by molar-refractivity contribution is -0.137. The Kier molecular flexibility index (Phi) is 7.39. The van der Waals surface area contributed by atoms with E-state index in [1.165, 1.54) is 12.1 Å². The molecule has 182 valence electrons. The molecule has 0 N–H and O–H groups in total. The van der Waals surface area contributed by atoms with Crippen LogP contribution in [-0.4, -0.2) is 65.0 Å². The molecule has 1 saturated heterocycles. The van der Waals surface area contributed by atoms with Gasteiger partial charge in [-0.3, -0.25) is 4.90 Å². The number of halogens is 4. The molecule has 1 atom stereocenters. The molecule has 0 aliphatic carbocycles. The van der Waals surface area contributed by atoms with Crippen LogP contribution in [0.25, 0.3) is 0 Å². The number of hydrogen-bond acceptors (Lipinski definition) is 6. The summed E-state index contributed by atoms with van der Waals surface area (Å²) in [7, 11) is 1.59. The van der Waals surface area contributed by atoms with Gasteiger partial charge in [0.2, 0.25) is 0 Å². The third kappa shape index (κ3) is 5.34. The number of ether oxygens (including phenoxy) is 1. The topological polar surface area (TPSA) is 59.3 Å². The number of nitrogens with zero attached hydrogens (tertiary/aromatic N) is 6. The molecule has 1 fully saturated rings. The lowest BCUT2D eigenvalue weighted by Gasteiger charge is -2.40. The first kappa shape index (κ1) is 24.4. The maximum absolute atomic E-state index is 13.1. The minimum Gasteiger partial charge on any atom is -0.383 e. The zero-order chi connectivity index (χ0) is 24.3. The highest BCUT2D eigenvalue weighted by Crippen LogP contribution is 2.34. The zero-order valence-electron chi connectivity index (χ0n) is 19.0. The lowest BCUT2D eigenvalue weighted by Crippen LogP contribution is -2.48. The fourth-order valence-corrected chi connectivity index (χ4v) is 4.43. The predicted molar refractivity (Wildman–Crippen MR) is 123 cm³/mol. The van der Waals surface area contributed by atoms with E-state index in [9.17, 15) is 13.2 Å². The molecule has 2 aromatic carbocycles. The summed E-state index contributed by atoms with van der Waals surface area (Å²) in [6.07, 6.45) is -4.39. The molecule has 4 rings (SSSR count). The lowest BCUT2D eigenvalue weighted by atomic mass is 10.0. The molecule has 0 unspecified atom stereocenters. The predicted octanol–water partition coefficient (Wildman–Crippen LogP) is 4.21. The van der Waals surface area contributed by atoms with Crippen molar-refractivity contribution >= 4 is 17.3 Å². The van der Waals surface area contributed by atoms with Gasteiger partial charge in [0.05, 0.1) is 24.8 Å². The maximum atomic E-state index is 13.1. The van der Waals surface area contributed by atoms with E-state index in [1.54, 1.807) is 11.8 Å². The van der Waals surface area contributed by atoms with Gasteiger partial charge < -0.3 is 9.64 Å². The fraction of sp³-hybridized carbons (Fsp3) is 0.435. The summed E-state index contributed by atoms with van der Waals surface area (Å²) in [6.45, 7) is 5.73. The SMILES string of the molecule is COCCn1nnnc1[C@@H](c1ccc(C(F)(F)F)cc1)N1CCN(c2cc(Cl)ccc2C)CC1. The normalized spacial score (nSPS) is 16.1. The minimum atomic E-state index is -4.39. The summed E-state index contributed by atoms with van der Waals surface area (Å²) in [6, 6.07) is 10.7. The van der Waals surface area contributed by atoms with E-state index in [0.717, 1.165) is 36.5 Å². The molecule has 0 amide bonds. The number of rotatable bonds is 7. The van der Waals surface area contributed by atoms with Gasteiger partial charge in [0.15, 0.2) is 5.82 Å². The number of alkyl halides is 3. The van der Waals surface area contributed by atoms with Gasteiger partial charge in [-0.15, -0.1) is 5.10 Å². The number of methoxy groups -OCH3 is 1. The molecule has 0 bridgehead atoms. The molecule has 1 aromatic heterocycles. The Morgan fingerprint density at radius 3 is 2.41 bits per heavy atom. The zero-order valence-corrected chi connectivity index (χ0v) is 19.7. The molecule has 1 aliphatic heterocycles. The number of aromatic nitrogens is 4. The van der Waals surface area contributed by atoms with E-state index in [2.05, 4.69) is 25.3 Å². The largest absolute Gasteiger partial charge is 0.416 e. The van der Waals surface area contributed by atoms with Crippen LogP contribution in [0.1, 0.15) is 28.6 Å². The average molecular weight is 495 g/mol. The third-order valence-corrected chi connectivity index (χ3v) is 6.29. The van der Waals surface area contributed by atoms with Gasteiger partial charge in [-0.1, -0.05) is 29.8 Å². The Bertz CT molecular complexity index is 1100. The second kappa shape index (κ2) is 10.3. The molecule has 0 spiro atoms. The first-order chi connectivity index (χ1) is 16.3. The van der Waals surface area contributed by atoms with Gasteiger partial charge >= 0.3 is 6.18 Å². The summed E-state index contributed by atoms with van der Waals surface area (Å²) < 4.78 is 46.2. The molecule has 11 heteroatoms. The summed E-state index contributed by atoms with van der Waals surface area (Å²) in [5.74, 6) is 0.573. The van der Waals surface area contributed by atoms with Gasteiger partial charge in [0.1, 0.15) is 0 Å². The molecule has 0 saturated carbocycles. The van der Waals surface area contributed by atoms with E-state index in [0.29, 0.717) is 42.7 Å². The van der Waals surface area contributed by atoms with E-state index in [-0.39, 0.29) is 0 Å². The van der Waals surface area contributed by atoms with Crippen LogP contribution < -0.4 is 4.90 Å². The summed E-state index contributed by atoms with van der Waals surface area (Å²) in [4.78, 5) is 4.48. The van der Waals surface area contributed by atoms with Crippen LogP contribution >= 0.6 is 11.6 Å². The van der Waals surface area contributed by atoms with E-state index >= 15 is 0 Å². The number of anilines is 1. The Morgan fingerprint density at radius 1 is 1.06 bits per heavy atom. The van der Waals surface area contributed by atoms with Crippen molar-refractivity contribution in [1.82, 2.24) is 25.1 Å². The van der Waals surface area contributed by atoms with Crippen LogP contribution in [-0.2, 0) is 17.5 Å². The van der Waals surface area contributed by atoms with Crippen LogP contribution in [0.5, 0.6) is 0 Å². The number of aryl methyl sites for hydroxylation is 1. The Balaban J connectivity index is 1.62. The molecule has 1 aliphatic rings. The minimum absolute atomic E-state index is 0.392. The first-order valence-corrected chi connectivity index (χ1v) is 11.3. The van der Waals surface area contributed by atoms with Gasteiger partial charge in [-0.25, -0.2) is 4.68 Å². The van der Waals surface area contributed by atoms with Crippen LogP contribution in [0.3, 0.4) is 0 Å². The first-order valence-electron chi connectivity index (χ1n) is 10.9. The van der Waals surface area contributed by atoms with E-state index in [4.69, 9.17) is 16.3 Å². The van der Waals surface area contributed by atoms with Crippen LogP contribution in [0.4, 0.5) is 18.9 Å². The van der Waals surface area contributed by atoms with Gasteiger partial charge in [0.25, 0.3) is 0 Å². The van der Waals surface area contributed by atoms with E-state index < -0.39 is 17.8 Å². The summed E-state index contributed by atoms with van der Waals surface area (Å²) >= 11 is 6.21. The van der Waals surface area contributed by atoms with Crippen molar-refractivity contribution in [2.24, 2.45) is 0 Å². The summed E-state index contributed by atoms with van der Waals surface area (Å²) in [5, 5.41) is 12.8. The number of tetrazole rings is 1. The molecule has 7 nitrogen and oxygen atoms in total. The Labute approximate surface area is 201 Å². The summed E-state index contributed by atoms with van der Waals surface area (Å²) in [5.41, 5.74) is 2.24. The highest BCUT2D eigenvalue weighted by molar-refractivity contribution is 6.30. The van der Waals surface area contributed by atoms with Crippen LogP contribution in [0.15, 0.2) is 42.5 Å². The highest BCUT2D eigenvalue weighted by Gasteiger charge is 2.33. The highest BCUT2D eigenvalue weighted by atomic mass is 35.5. The van der Waals surface area contributed by atoms with Crippen molar-refractivity contribution in [1.29, 1.82) is 0 Å². The molecule has 3 aromatic rings. The molecule has 2 heterocycles. The van der Waals surface area contributed by atoms with Crippen molar-refractivity contribution in [3.8, 4) is 0 Å².